The Balaban J connectivity index is 1.65. The van der Waals surface area contributed by atoms with Crippen LogP contribution in [0.1, 0.15) is 29.8 Å². The third-order valence-corrected chi connectivity index (χ3v) is 9.74. The Morgan fingerprint density at radius 1 is 1.24 bits per heavy atom. The predicted octanol–water partition coefficient (Wildman–Crippen LogP) is 2.97. The molecule has 2 N–H and O–H groups in total. The lowest BCUT2D eigenvalue weighted by Crippen LogP contribution is -2.54. The molecule has 0 saturated carbocycles. The van der Waals surface area contributed by atoms with Crippen molar-refractivity contribution >= 4 is 38.9 Å². The van der Waals surface area contributed by atoms with Gasteiger partial charge >= 0.3 is 0 Å². The van der Waals surface area contributed by atoms with Gasteiger partial charge in [0.25, 0.3) is 15.9 Å². The Morgan fingerprint density at radius 2 is 1.94 bits per heavy atom. The molecule has 11 heteroatoms. The van der Waals surface area contributed by atoms with Crippen molar-refractivity contribution in [2.24, 2.45) is 0 Å². The summed E-state index contributed by atoms with van der Waals surface area (Å²) in [6.45, 7) is 4.19. The van der Waals surface area contributed by atoms with Crippen LogP contribution < -0.4 is 15.2 Å². The molecular formula is C22H28ClFN5O3S+. The zero-order chi connectivity index (χ0) is 24.3. The second-order valence-corrected chi connectivity index (χ2v) is 11.4. The van der Waals surface area contributed by atoms with Crippen LogP contribution in [0.4, 0.5) is 15.8 Å². The number of carbonyl (C=O) groups is 1. The summed E-state index contributed by atoms with van der Waals surface area (Å²) in [5.74, 6) is -1.45. The number of anilines is 2. The van der Waals surface area contributed by atoms with Crippen LogP contribution in [0.15, 0.2) is 36.4 Å². The number of fused-ring (bicyclic) bond motifs is 1. The van der Waals surface area contributed by atoms with Crippen LogP contribution in [0.3, 0.4) is 0 Å². The molecule has 0 aliphatic carbocycles. The first-order valence-electron chi connectivity index (χ1n) is 10.6. The molecule has 2 aromatic carbocycles. The quantitative estimate of drug-likeness (QED) is 0.636. The molecule has 0 aromatic heterocycles. The molecule has 2 aliphatic rings. The van der Waals surface area contributed by atoms with Crippen molar-refractivity contribution < 1.29 is 22.2 Å². The fourth-order valence-electron chi connectivity index (χ4n) is 4.71. The molecule has 0 spiro atoms. The normalized spacial score (nSPS) is 24.7. The molecule has 0 radical (unpaired) electrons. The first-order valence-corrected chi connectivity index (χ1v) is 12.5. The third-order valence-electron chi connectivity index (χ3n) is 7.11. The van der Waals surface area contributed by atoms with Crippen LogP contribution in [-0.4, -0.2) is 62.4 Å². The molecule has 1 saturated heterocycles. The van der Waals surface area contributed by atoms with Gasteiger partial charge in [0.05, 0.1) is 36.4 Å². The summed E-state index contributed by atoms with van der Waals surface area (Å²) in [6, 6.07) is 8.59. The number of sulfonamides is 1. The number of carbonyl (C=O) groups excluding carboxylic acids is 1. The van der Waals surface area contributed by atoms with E-state index in [1.165, 1.54) is 16.5 Å². The molecule has 4 rings (SSSR count). The minimum atomic E-state index is -3.79. The second kappa shape index (κ2) is 8.21. The topological polar surface area (TPSA) is 81.8 Å². The van der Waals surface area contributed by atoms with Crippen molar-refractivity contribution in [2.75, 3.05) is 30.9 Å². The van der Waals surface area contributed by atoms with E-state index in [0.29, 0.717) is 22.5 Å². The van der Waals surface area contributed by atoms with Crippen molar-refractivity contribution in [3.05, 3.63) is 58.4 Å². The number of nitrogens with one attached hydrogen (secondary N) is 2. The number of hydrogen-bond donors (Lipinski definition) is 2. The van der Waals surface area contributed by atoms with Gasteiger partial charge in [-0.15, -0.1) is 0 Å². The van der Waals surface area contributed by atoms with Crippen LogP contribution in [0.25, 0.3) is 0 Å². The van der Waals surface area contributed by atoms with E-state index in [0.717, 1.165) is 11.6 Å². The molecule has 1 amide bonds. The average molecular weight is 497 g/mol. The zero-order valence-electron chi connectivity index (χ0n) is 19.1. The largest absolute Gasteiger partial charge is 0.322 e. The van der Waals surface area contributed by atoms with Gasteiger partial charge in [0.2, 0.25) is 0 Å². The molecule has 1 fully saturated rings. The number of hydrazine groups is 1. The average Bonchev–Trinajstić information content (AvgIpc) is 3.22. The van der Waals surface area contributed by atoms with Gasteiger partial charge < -0.3 is 5.32 Å². The van der Waals surface area contributed by atoms with Crippen LogP contribution in [0, 0.1) is 5.82 Å². The molecule has 8 nitrogen and oxygen atoms in total. The minimum absolute atomic E-state index is 0.00593. The summed E-state index contributed by atoms with van der Waals surface area (Å²) >= 11 is 6.00. The first-order chi connectivity index (χ1) is 15.4. The monoisotopic (exact) mass is 496 g/mol. The predicted molar refractivity (Wildman–Crippen MR) is 127 cm³/mol. The number of hydrogen-bond acceptors (Lipinski definition) is 5. The van der Waals surface area contributed by atoms with Gasteiger partial charge in [-0.2, -0.15) is 5.01 Å². The van der Waals surface area contributed by atoms with E-state index in [1.807, 2.05) is 40.0 Å². The number of halogens is 2. The molecule has 0 bridgehead atoms. The SMILES string of the molecule is CC1C(S(=O)(=O)N2NCc3ccc(NC(=O)c4c(F)cccc4Cl)cc32)C(C)[N+](C)(C)N1C. The number of benzene rings is 2. The van der Waals surface area contributed by atoms with Gasteiger partial charge in [-0.25, -0.2) is 27.2 Å². The first kappa shape index (κ1) is 23.9. The van der Waals surface area contributed by atoms with E-state index < -0.39 is 27.0 Å². The summed E-state index contributed by atoms with van der Waals surface area (Å²) in [5.41, 5.74) is 4.27. The van der Waals surface area contributed by atoms with E-state index in [9.17, 15) is 17.6 Å². The summed E-state index contributed by atoms with van der Waals surface area (Å²) in [5, 5.41) is 4.01. The smallest absolute Gasteiger partial charge is 0.260 e. The van der Waals surface area contributed by atoms with Crippen LogP contribution in [0.5, 0.6) is 0 Å². The van der Waals surface area contributed by atoms with E-state index >= 15 is 0 Å². The van der Waals surface area contributed by atoms with Gasteiger partial charge in [-0.1, -0.05) is 23.7 Å². The second-order valence-electron chi connectivity index (χ2n) is 9.04. The Kier molecular flexibility index (Phi) is 5.95. The number of quaternary nitrogens is 1. The van der Waals surface area contributed by atoms with Crippen LogP contribution >= 0.6 is 11.6 Å². The van der Waals surface area contributed by atoms with Gasteiger partial charge in [0, 0.05) is 19.3 Å². The number of amides is 1. The van der Waals surface area contributed by atoms with Gasteiger partial charge in [-0.3, -0.25) is 4.79 Å². The molecule has 178 valence electrons. The highest BCUT2D eigenvalue weighted by molar-refractivity contribution is 7.93. The standard InChI is InChI=1S/C22H27ClFN5O3S/c1-13-21(14(2)29(4,5)27(13)3)33(31,32)28-19-11-16(10-9-15(19)12-25-28)26-22(30)20-17(23)7-6-8-18(20)24/h6-11,13-14,21,25H,12H2,1-5H3/p+1. The van der Waals surface area contributed by atoms with E-state index in [1.54, 1.807) is 18.2 Å². The molecule has 3 atom stereocenters. The molecule has 2 heterocycles. The van der Waals surface area contributed by atoms with Gasteiger partial charge in [-0.05, 0) is 43.7 Å². The molecule has 3 unspecified atom stereocenters. The molecule has 33 heavy (non-hydrogen) atoms. The fourth-order valence-corrected chi connectivity index (χ4v) is 7.36. The summed E-state index contributed by atoms with van der Waals surface area (Å²) < 4.78 is 43.3. The Labute approximate surface area is 198 Å². The third kappa shape index (κ3) is 3.79. The fraction of sp³-hybridized carbons (Fsp3) is 0.409. The lowest BCUT2D eigenvalue weighted by Gasteiger charge is -2.35. The Morgan fingerprint density at radius 3 is 2.55 bits per heavy atom. The maximum atomic E-state index is 14.1. The van der Waals surface area contributed by atoms with Gasteiger partial charge in [0.1, 0.15) is 11.9 Å². The summed E-state index contributed by atoms with van der Waals surface area (Å²) in [7, 11) is 2.11. The van der Waals surface area contributed by atoms with E-state index in [4.69, 9.17) is 11.6 Å². The molecule has 2 aliphatic heterocycles. The van der Waals surface area contributed by atoms with Crippen LogP contribution in [-0.2, 0) is 16.6 Å². The summed E-state index contributed by atoms with van der Waals surface area (Å²) in [6.07, 6.45) is 0. The van der Waals surface area contributed by atoms with E-state index in [2.05, 4.69) is 10.7 Å². The molecule has 2 aromatic rings. The maximum absolute atomic E-state index is 14.1. The van der Waals surface area contributed by atoms with Crippen molar-refractivity contribution in [3.8, 4) is 0 Å². The van der Waals surface area contributed by atoms with Crippen LogP contribution in [0.2, 0.25) is 5.02 Å². The van der Waals surface area contributed by atoms with Gasteiger partial charge in [0.15, 0.2) is 5.25 Å². The highest BCUT2D eigenvalue weighted by Gasteiger charge is 2.57. The minimum Gasteiger partial charge on any atom is -0.322 e. The lowest BCUT2D eigenvalue weighted by molar-refractivity contribution is -1.01. The zero-order valence-corrected chi connectivity index (χ0v) is 20.7. The van der Waals surface area contributed by atoms with E-state index in [-0.39, 0.29) is 22.7 Å². The maximum Gasteiger partial charge on any atom is 0.260 e. The Bertz CT molecular complexity index is 1200. The number of rotatable bonds is 4. The molecular weight excluding hydrogens is 469 g/mol. The van der Waals surface area contributed by atoms with Crippen molar-refractivity contribution in [1.82, 2.24) is 10.4 Å². The highest BCUT2D eigenvalue weighted by Crippen LogP contribution is 2.38. The van der Waals surface area contributed by atoms with Crippen molar-refractivity contribution in [2.45, 2.75) is 37.7 Å². The lowest BCUT2D eigenvalue weighted by atomic mass is 10.1. The van der Waals surface area contributed by atoms with Crippen molar-refractivity contribution in [3.63, 3.8) is 0 Å². The Hall–Kier alpha value is -2.24. The number of nitrogens with zero attached hydrogens (tertiary/aromatic N) is 3. The summed E-state index contributed by atoms with van der Waals surface area (Å²) in [4.78, 5) is 12.6. The van der Waals surface area contributed by atoms with Crippen molar-refractivity contribution in [1.29, 1.82) is 0 Å². The highest BCUT2D eigenvalue weighted by atomic mass is 35.5.